The smallest absolute Gasteiger partial charge is 0.152 e. The second kappa shape index (κ2) is 4.18. The van der Waals surface area contributed by atoms with Crippen LogP contribution in [-0.4, -0.2) is 37.5 Å². The molecule has 1 aromatic rings. The molecule has 0 radical (unpaired) electrons. The van der Waals surface area contributed by atoms with Crippen LogP contribution in [0.25, 0.3) is 0 Å². The van der Waals surface area contributed by atoms with Crippen molar-refractivity contribution in [2.24, 2.45) is 0 Å². The lowest BCUT2D eigenvalue weighted by atomic mass is 10.0. The number of anilines is 2. The Balaban J connectivity index is 2.15. The van der Waals surface area contributed by atoms with Crippen LogP contribution in [0, 0.1) is 0 Å². The molecule has 1 aliphatic heterocycles. The van der Waals surface area contributed by atoms with E-state index in [1.54, 1.807) is 13.2 Å². The lowest BCUT2D eigenvalue weighted by Gasteiger charge is -2.25. The van der Waals surface area contributed by atoms with Crippen LogP contribution in [0.1, 0.15) is 13.3 Å². The summed E-state index contributed by atoms with van der Waals surface area (Å²) in [5, 5.41) is 6.24. The Kier molecular flexibility index (Phi) is 2.99. The van der Waals surface area contributed by atoms with Crippen LogP contribution in [0.4, 0.5) is 11.5 Å². The molecule has 2 heterocycles. The van der Waals surface area contributed by atoms with E-state index in [1.807, 2.05) is 19.1 Å². The van der Waals surface area contributed by atoms with Crippen molar-refractivity contribution in [2.75, 3.05) is 29.2 Å². The topological polar surface area (TPSA) is 71.1 Å². The van der Waals surface area contributed by atoms with Gasteiger partial charge in [0.2, 0.25) is 0 Å². The molecule has 0 aromatic carbocycles. The maximum absolute atomic E-state index is 11.5. The van der Waals surface area contributed by atoms with Gasteiger partial charge in [-0.05, 0) is 19.4 Å². The molecular weight excluding hydrogens is 238 g/mol. The van der Waals surface area contributed by atoms with Crippen LogP contribution < -0.4 is 10.6 Å². The van der Waals surface area contributed by atoms with Crippen LogP contribution in [0.5, 0.6) is 0 Å². The minimum absolute atomic E-state index is 0.192. The number of rotatable bonds is 3. The maximum Gasteiger partial charge on any atom is 0.152 e. The number of nitrogens with zero attached hydrogens (tertiary/aromatic N) is 1. The van der Waals surface area contributed by atoms with E-state index < -0.39 is 9.84 Å². The number of hydrogen-bond acceptors (Lipinski definition) is 5. The van der Waals surface area contributed by atoms with Crippen molar-refractivity contribution >= 4 is 21.3 Å². The standard InChI is InChI=1S/C11H17N3O2S/c1-11(4-6-17(15,16)8-11)14-9-3-5-13-10(7-9)12-2/h3,5,7H,4,6,8H2,1-2H3,(H2,12,13,14). The Morgan fingerprint density at radius 1 is 1.47 bits per heavy atom. The third kappa shape index (κ3) is 2.88. The molecule has 0 bridgehead atoms. The van der Waals surface area contributed by atoms with E-state index in [2.05, 4.69) is 15.6 Å². The SMILES string of the molecule is CNc1cc(NC2(C)CCS(=O)(=O)C2)ccn1. The Hall–Kier alpha value is -1.30. The first-order valence-electron chi connectivity index (χ1n) is 5.55. The van der Waals surface area contributed by atoms with Crippen molar-refractivity contribution in [3.63, 3.8) is 0 Å². The average Bonchev–Trinajstić information content (AvgIpc) is 2.53. The van der Waals surface area contributed by atoms with E-state index in [0.717, 1.165) is 11.5 Å². The normalized spacial score (nSPS) is 26.7. The van der Waals surface area contributed by atoms with Crippen LogP contribution in [0.15, 0.2) is 18.3 Å². The summed E-state index contributed by atoms with van der Waals surface area (Å²) in [4.78, 5) is 4.11. The minimum Gasteiger partial charge on any atom is -0.379 e. The van der Waals surface area contributed by atoms with E-state index >= 15 is 0 Å². The zero-order valence-corrected chi connectivity index (χ0v) is 10.8. The number of hydrogen-bond donors (Lipinski definition) is 2. The van der Waals surface area contributed by atoms with E-state index in [9.17, 15) is 8.42 Å². The highest BCUT2D eigenvalue weighted by atomic mass is 32.2. The molecule has 0 amide bonds. The van der Waals surface area contributed by atoms with Gasteiger partial charge in [-0.3, -0.25) is 0 Å². The summed E-state index contributed by atoms with van der Waals surface area (Å²) >= 11 is 0. The molecule has 1 fully saturated rings. The molecule has 2 rings (SSSR count). The zero-order chi connectivity index (χ0) is 12.5. The van der Waals surface area contributed by atoms with Gasteiger partial charge in [-0.1, -0.05) is 0 Å². The third-order valence-corrected chi connectivity index (χ3v) is 4.87. The van der Waals surface area contributed by atoms with Crippen molar-refractivity contribution in [2.45, 2.75) is 18.9 Å². The molecule has 94 valence electrons. The molecule has 1 atom stereocenters. The summed E-state index contributed by atoms with van der Waals surface area (Å²) in [5.74, 6) is 1.22. The first-order chi connectivity index (χ1) is 7.92. The fourth-order valence-corrected chi connectivity index (χ4v) is 4.20. The van der Waals surface area contributed by atoms with Gasteiger partial charge in [0.25, 0.3) is 0 Å². The fraction of sp³-hybridized carbons (Fsp3) is 0.545. The molecule has 1 saturated heterocycles. The van der Waals surface area contributed by atoms with E-state index in [0.29, 0.717) is 6.42 Å². The number of nitrogens with one attached hydrogen (secondary N) is 2. The zero-order valence-electron chi connectivity index (χ0n) is 10.0. The van der Waals surface area contributed by atoms with E-state index in [-0.39, 0.29) is 17.0 Å². The van der Waals surface area contributed by atoms with Crippen molar-refractivity contribution in [1.29, 1.82) is 0 Å². The Labute approximate surface area is 102 Å². The molecule has 5 nitrogen and oxygen atoms in total. The van der Waals surface area contributed by atoms with Gasteiger partial charge in [0.1, 0.15) is 5.82 Å². The first-order valence-corrected chi connectivity index (χ1v) is 7.37. The number of sulfone groups is 1. The van der Waals surface area contributed by atoms with Gasteiger partial charge in [-0.15, -0.1) is 0 Å². The van der Waals surface area contributed by atoms with Crippen molar-refractivity contribution in [3.8, 4) is 0 Å². The van der Waals surface area contributed by atoms with Gasteiger partial charge in [-0.25, -0.2) is 13.4 Å². The molecule has 1 unspecified atom stereocenters. The molecule has 0 aliphatic carbocycles. The van der Waals surface area contributed by atoms with Gasteiger partial charge in [0.05, 0.1) is 11.5 Å². The lowest BCUT2D eigenvalue weighted by molar-refractivity contribution is 0.574. The quantitative estimate of drug-likeness (QED) is 0.846. The van der Waals surface area contributed by atoms with Crippen LogP contribution in [0.2, 0.25) is 0 Å². The summed E-state index contributed by atoms with van der Waals surface area (Å²) in [7, 11) is -1.08. The van der Waals surface area contributed by atoms with Gasteiger partial charge < -0.3 is 10.6 Å². The molecule has 0 saturated carbocycles. The highest BCUT2D eigenvalue weighted by Crippen LogP contribution is 2.27. The van der Waals surface area contributed by atoms with Crippen LogP contribution in [0.3, 0.4) is 0 Å². The number of aromatic nitrogens is 1. The van der Waals surface area contributed by atoms with Crippen LogP contribution in [-0.2, 0) is 9.84 Å². The molecule has 17 heavy (non-hydrogen) atoms. The van der Waals surface area contributed by atoms with Gasteiger partial charge in [0, 0.05) is 30.5 Å². The summed E-state index contributed by atoms with van der Waals surface area (Å²) in [5.41, 5.74) is 0.523. The van der Waals surface area contributed by atoms with E-state index in [4.69, 9.17) is 0 Å². The van der Waals surface area contributed by atoms with Crippen molar-refractivity contribution in [3.05, 3.63) is 18.3 Å². The monoisotopic (exact) mass is 255 g/mol. The second-order valence-electron chi connectivity index (χ2n) is 4.71. The van der Waals surface area contributed by atoms with Crippen LogP contribution >= 0.6 is 0 Å². The molecule has 6 heteroatoms. The second-order valence-corrected chi connectivity index (χ2v) is 6.89. The van der Waals surface area contributed by atoms with Gasteiger partial charge in [0.15, 0.2) is 9.84 Å². The van der Waals surface area contributed by atoms with Crippen molar-refractivity contribution in [1.82, 2.24) is 4.98 Å². The Morgan fingerprint density at radius 2 is 2.24 bits per heavy atom. The molecular formula is C11H17N3O2S. The van der Waals surface area contributed by atoms with Gasteiger partial charge >= 0.3 is 0 Å². The third-order valence-electron chi connectivity index (χ3n) is 2.97. The molecule has 1 aromatic heterocycles. The Bertz CT molecular complexity index is 515. The largest absolute Gasteiger partial charge is 0.379 e. The fourth-order valence-electron chi connectivity index (χ4n) is 2.10. The first kappa shape index (κ1) is 12.2. The predicted molar refractivity (Wildman–Crippen MR) is 69.1 cm³/mol. The minimum atomic E-state index is -2.88. The summed E-state index contributed by atoms with van der Waals surface area (Å²) < 4.78 is 23.0. The van der Waals surface area contributed by atoms with E-state index in [1.165, 1.54) is 0 Å². The molecule has 0 spiro atoms. The summed E-state index contributed by atoms with van der Waals surface area (Å²) in [6.07, 6.45) is 2.34. The average molecular weight is 255 g/mol. The summed E-state index contributed by atoms with van der Waals surface area (Å²) in [6.45, 7) is 1.94. The molecule has 1 aliphatic rings. The Morgan fingerprint density at radius 3 is 2.82 bits per heavy atom. The highest BCUT2D eigenvalue weighted by molar-refractivity contribution is 7.91. The highest BCUT2D eigenvalue weighted by Gasteiger charge is 2.38. The molecule has 2 N–H and O–H groups in total. The maximum atomic E-state index is 11.5. The lowest BCUT2D eigenvalue weighted by Crippen LogP contribution is -2.35. The number of pyridine rings is 1. The predicted octanol–water partition coefficient (Wildman–Crippen LogP) is 1.11. The van der Waals surface area contributed by atoms with Crippen molar-refractivity contribution < 1.29 is 8.42 Å². The summed E-state index contributed by atoms with van der Waals surface area (Å²) in [6, 6.07) is 3.72. The van der Waals surface area contributed by atoms with Gasteiger partial charge in [-0.2, -0.15) is 0 Å².